The summed E-state index contributed by atoms with van der Waals surface area (Å²) < 4.78 is 7.40. The fourth-order valence-electron chi connectivity index (χ4n) is 1.67. The molecule has 1 N–H and O–H groups in total. The van der Waals surface area contributed by atoms with Crippen molar-refractivity contribution in [2.75, 3.05) is 19.8 Å². The largest absolute Gasteiger partial charge is 0.381 e. The highest BCUT2D eigenvalue weighted by molar-refractivity contribution is 4.83. The van der Waals surface area contributed by atoms with Crippen molar-refractivity contribution in [2.24, 2.45) is 5.92 Å². The van der Waals surface area contributed by atoms with E-state index >= 15 is 0 Å². The molecule has 0 radical (unpaired) electrons. The molecule has 1 aromatic rings. The Morgan fingerprint density at radius 1 is 1.39 bits per heavy atom. The molecule has 1 rings (SSSR count). The van der Waals surface area contributed by atoms with E-state index in [2.05, 4.69) is 36.2 Å². The lowest BCUT2D eigenvalue weighted by Gasteiger charge is -2.09. The van der Waals surface area contributed by atoms with Crippen LogP contribution < -0.4 is 5.32 Å². The molecule has 0 aliphatic rings. The van der Waals surface area contributed by atoms with Gasteiger partial charge in [-0.2, -0.15) is 5.10 Å². The average molecular weight is 254 g/mol. The molecule has 5 nitrogen and oxygen atoms in total. The molecule has 0 unspecified atom stereocenters. The van der Waals surface area contributed by atoms with E-state index < -0.39 is 0 Å². The Morgan fingerprint density at radius 2 is 2.22 bits per heavy atom. The first-order chi connectivity index (χ1) is 8.74. The number of nitrogens with one attached hydrogen (secondary N) is 1. The topological polar surface area (TPSA) is 52.0 Å². The van der Waals surface area contributed by atoms with Gasteiger partial charge in [0.25, 0.3) is 0 Å². The zero-order chi connectivity index (χ0) is 13.2. The Hall–Kier alpha value is -0.940. The minimum atomic E-state index is 0.591. The van der Waals surface area contributed by atoms with Crippen LogP contribution in [0.15, 0.2) is 6.33 Å². The Bertz CT molecular complexity index is 312. The maximum absolute atomic E-state index is 5.42. The van der Waals surface area contributed by atoms with Gasteiger partial charge in [-0.3, -0.25) is 0 Å². The molecule has 0 saturated heterocycles. The van der Waals surface area contributed by atoms with Crippen molar-refractivity contribution < 1.29 is 4.74 Å². The Balaban J connectivity index is 2.13. The Labute approximate surface area is 110 Å². The number of ether oxygens (including phenoxy) is 1. The third kappa shape index (κ3) is 6.12. The summed E-state index contributed by atoms with van der Waals surface area (Å²) in [5.41, 5.74) is 0. The molecule has 5 heteroatoms. The molecule has 0 spiro atoms. The van der Waals surface area contributed by atoms with E-state index in [-0.39, 0.29) is 0 Å². The highest BCUT2D eigenvalue weighted by Gasteiger charge is 2.05. The van der Waals surface area contributed by atoms with E-state index in [4.69, 9.17) is 4.74 Å². The number of hydrogen-bond donors (Lipinski definition) is 1. The first-order valence-corrected chi connectivity index (χ1v) is 6.89. The summed E-state index contributed by atoms with van der Waals surface area (Å²) in [5, 5.41) is 7.61. The predicted octanol–water partition coefficient (Wildman–Crippen LogP) is 1.84. The predicted molar refractivity (Wildman–Crippen MR) is 72.3 cm³/mol. The van der Waals surface area contributed by atoms with E-state index in [0.29, 0.717) is 5.92 Å². The average Bonchev–Trinajstić information content (AvgIpc) is 2.75. The molecule has 0 aliphatic heterocycles. The van der Waals surface area contributed by atoms with Gasteiger partial charge >= 0.3 is 0 Å². The first kappa shape index (κ1) is 15.1. The molecule has 18 heavy (non-hydrogen) atoms. The Morgan fingerprint density at radius 3 is 2.94 bits per heavy atom. The molecule has 0 saturated carbocycles. The summed E-state index contributed by atoms with van der Waals surface area (Å²) in [4.78, 5) is 4.27. The maximum atomic E-state index is 5.42. The van der Waals surface area contributed by atoms with Crippen LogP contribution in [-0.4, -0.2) is 34.5 Å². The standard InChI is InChI=1S/C13H26N4O/c1-4-7-18-8-5-6-14-9-13-15-11-16-17(13)10-12(2)3/h11-12,14H,4-10H2,1-3H3. The summed E-state index contributed by atoms with van der Waals surface area (Å²) in [6.45, 7) is 10.9. The van der Waals surface area contributed by atoms with Crippen molar-refractivity contribution in [1.29, 1.82) is 0 Å². The minimum Gasteiger partial charge on any atom is -0.381 e. The highest BCUT2D eigenvalue weighted by atomic mass is 16.5. The Kier molecular flexibility index (Phi) is 7.60. The maximum Gasteiger partial charge on any atom is 0.140 e. The lowest BCUT2D eigenvalue weighted by Crippen LogP contribution is -2.20. The fraction of sp³-hybridized carbons (Fsp3) is 0.846. The summed E-state index contributed by atoms with van der Waals surface area (Å²) >= 11 is 0. The summed E-state index contributed by atoms with van der Waals surface area (Å²) in [6, 6.07) is 0. The van der Waals surface area contributed by atoms with Crippen LogP contribution in [0.5, 0.6) is 0 Å². The monoisotopic (exact) mass is 254 g/mol. The number of hydrogen-bond acceptors (Lipinski definition) is 4. The molecule has 0 aliphatic carbocycles. The van der Waals surface area contributed by atoms with Gasteiger partial charge in [0, 0.05) is 19.8 Å². The van der Waals surface area contributed by atoms with E-state index in [1.165, 1.54) is 0 Å². The lowest BCUT2D eigenvalue weighted by molar-refractivity contribution is 0.132. The number of nitrogens with zero attached hydrogens (tertiary/aromatic N) is 3. The number of rotatable bonds is 10. The third-order valence-electron chi connectivity index (χ3n) is 2.51. The second kappa shape index (κ2) is 9.05. The zero-order valence-electron chi connectivity index (χ0n) is 11.9. The van der Waals surface area contributed by atoms with Gasteiger partial charge in [-0.25, -0.2) is 9.67 Å². The second-order valence-electron chi connectivity index (χ2n) is 4.89. The molecule has 0 aromatic carbocycles. The summed E-state index contributed by atoms with van der Waals surface area (Å²) in [5.74, 6) is 1.60. The van der Waals surface area contributed by atoms with Crippen molar-refractivity contribution in [3.05, 3.63) is 12.2 Å². The molecule has 1 aromatic heterocycles. The normalized spacial score (nSPS) is 11.3. The SMILES string of the molecule is CCCOCCCNCc1ncnn1CC(C)C. The molecule has 0 bridgehead atoms. The summed E-state index contributed by atoms with van der Waals surface area (Å²) in [6.07, 6.45) is 3.76. The van der Waals surface area contributed by atoms with E-state index in [9.17, 15) is 0 Å². The van der Waals surface area contributed by atoms with Crippen LogP contribution >= 0.6 is 0 Å². The molecule has 1 heterocycles. The number of aromatic nitrogens is 3. The van der Waals surface area contributed by atoms with E-state index in [1.54, 1.807) is 6.33 Å². The molecular weight excluding hydrogens is 228 g/mol. The molecule has 0 amide bonds. The van der Waals surface area contributed by atoms with Gasteiger partial charge in [-0.15, -0.1) is 0 Å². The van der Waals surface area contributed by atoms with Crippen LogP contribution in [0.4, 0.5) is 0 Å². The van der Waals surface area contributed by atoms with Gasteiger partial charge in [0.1, 0.15) is 12.2 Å². The van der Waals surface area contributed by atoms with Gasteiger partial charge in [0.15, 0.2) is 0 Å². The molecule has 0 atom stereocenters. The minimum absolute atomic E-state index is 0.591. The smallest absolute Gasteiger partial charge is 0.140 e. The quantitative estimate of drug-likeness (QED) is 0.647. The van der Waals surface area contributed by atoms with E-state index in [1.807, 2.05) is 4.68 Å². The van der Waals surface area contributed by atoms with Crippen molar-refractivity contribution >= 4 is 0 Å². The van der Waals surface area contributed by atoms with Crippen LogP contribution in [0.2, 0.25) is 0 Å². The summed E-state index contributed by atoms with van der Waals surface area (Å²) in [7, 11) is 0. The zero-order valence-corrected chi connectivity index (χ0v) is 11.9. The van der Waals surface area contributed by atoms with Crippen molar-refractivity contribution in [2.45, 2.75) is 46.7 Å². The second-order valence-corrected chi connectivity index (χ2v) is 4.89. The van der Waals surface area contributed by atoms with Crippen LogP contribution in [0.25, 0.3) is 0 Å². The molecular formula is C13H26N4O. The highest BCUT2D eigenvalue weighted by Crippen LogP contribution is 2.00. The van der Waals surface area contributed by atoms with Crippen LogP contribution in [0.3, 0.4) is 0 Å². The van der Waals surface area contributed by atoms with Crippen molar-refractivity contribution in [1.82, 2.24) is 20.1 Å². The van der Waals surface area contributed by atoms with Gasteiger partial charge in [0.05, 0.1) is 6.54 Å². The van der Waals surface area contributed by atoms with Gasteiger partial charge in [-0.1, -0.05) is 20.8 Å². The fourth-order valence-corrected chi connectivity index (χ4v) is 1.67. The van der Waals surface area contributed by atoms with Gasteiger partial charge < -0.3 is 10.1 Å². The van der Waals surface area contributed by atoms with E-state index in [0.717, 1.165) is 51.5 Å². The molecule has 0 fully saturated rings. The van der Waals surface area contributed by atoms with Gasteiger partial charge in [0.2, 0.25) is 0 Å². The van der Waals surface area contributed by atoms with Crippen LogP contribution in [0.1, 0.15) is 39.4 Å². The van der Waals surface area contributed by atoms with Crippen molar-refractivity contribution in [3.8, 4) is 0 Å². The first-order valence-electron chi connectivity index (χ1n) is 6.89. The van der Waals surface area contributed by atoms with Crippen LogP contribution in [-0.2, 0) is 17.8 Å². The van der Waals surface area contributed by atoms with Crippen LogP contribution in [0, 0.1) is 5.92 Å². The van der Waals surface area contributed by atoms with Gasteiger partial charge in [-0.05, 0) is 25.3 Å². The lowest BCUT2D eigenvalue weighted by atomic mass is 10.2. The molecule has 104 valence electrons. The van der Waals surface area contributed by atoms with Crippen molar-refractivity contribution in [3.63, 3.8) is 0 Å². The third-order valence-corrected chi connectivity index (χ3v) is 2.51.